The number of hydrogen-bond donors (Lipinski definition) is 1. The third kappa shape index (κ3) is 4.73. The standard InChI is InChI=1S/C27H32ClN3O3/c1-30-26-10-8-20(14-25(26)29-27(30)23-5-3-4-6-24(23)28)31-12-11-18-7-9-22(13-19(18)15-31)34-17-21(32)16-33-2/h3-7,9,13,20-21,32H,8,10-12,14-17H2,1-2H3. The van der Waals surface area contributed by atoms with E-state index >= 15 is 0 Å². The van der Waals surface area contributed by atoms with Crippen molar-refractivity contribution in [2.45, 2.75) is 44.4 Å². The van der Waals surface area contributed by atoms with E-state index in [2.05, 4.69) is 28.6 Å². The summed E-state index contributed by atoms with van der Waals surface area (Å²) in [6.45, 7) is 2.48. The lowest BCUT2D eigenvalue weighted by Gasteiger charge is -2.37. The Bertz CT molecular complexity index is 1160. The molecule has 2 atom stereocenters. The number of aliphatic hydroxyl groups excluding tert-OH is 1. The average molecular weight is 482 g/mol. The number of methoxy groups -OCH3 is 1. The SMILES string of the molecule is COCC(O)COc1ccc2c(c1)CN(C1CCc3c(nc(-c4ccccc4Cl)n3C)C1)CC2. The van der Waals surface area contributed by atoms with Gasteiger partial charge in [-0.1, -0.05) is 29.8 Å². The van der Waals surface area contributed by atoms with Crippen molar-refractivity contribution in [1.82, 2.24) is 14.5 Å². The topological polar surface area (TPSA) is 59.8 Å². The van der Waals surface area contributed by atoms with Gasteiger partial charge in [0, 0.05) is 51.0 Å². The van der Waals surface area contributed by atoms with Gasteiger partial charge >= 0.3 is 0 Å². The van der Waals surface area contributed by atoms with Crippen molar-refractivity contribution in [3.63, 3.8) is 0 Å². The van der Waals surface area contributed by atoms with Gasteiger partial charge in [0.2, 0.25) is 0 Å². The number of aromatic nitrogens is 2. The van der Waals surface area contributed by atoms with Crippen molar-refractivity contribution < 1.29 is 14.6 Å². The Balaban J connectivity index is 1.29. The minimum Gasteiger partial charge on any atom is -0.491 e. The third-order valence-electron chi connectivity index (χ3n) is 7.09. The molecule has 7 heteroatoms. The molecule has 0 spiro atoms. The van der Waals surface area contributed by atoms with Crippen molar-refractivity contribution in [2.24, 2.45) is 7.05 Å². The molecule has 5 rings (SSSR count). The summed E-state index contributed by atoms with van der Waals surface area (Å²) in [5.74, 6) is 1.76. The lowest BCUT2D eigenvalue weighted by molar-refractivity contribution is 0.0325. The third-order valence-corrected chi connectivity index (χ3v) is 7.42. The van der Waals surface area contributed by atoms with Crippen LogP contribution in [-0.2, 0) is 37.6 Å². The second kappa shape index (κ2) is 10.1. The van der Waals surface area contributed by atoms with Gasteiger partial charge in [-0.3, -0.25) is 4.90 Å². The van der Waals surface area contributed by atoms with Crippen LogP contribution in [0, 0.1) is 0 Å². The van der Waals surface area contributed by atoms with Crippen LogP contribution in [0.1, 0.15) is 28.9 Å². The van der Waals surface area contributed by atoms with E-state index < -0.39 is 6.10 Å². The minimum absolute atomic E-state index is 0.231. The highest BCUT2D eigenvalue weighted by molar-refractivity contribution is 6.33. The van der Waals surface area contributed by atoms with E-state index in [1.807, 2.05) is 30.3 Å². The molecule has 34 heavy (non-hydrogen) atoms. The van der Waals surface area contributed by atoms with Crippen LogP contribution < -0.4 is 4.74 Å². The Labute approximate surface area is 206 Å². The molecular formula is C27H32ClN3O3. The number of hydrogen-bond acceptors (Lipinski definition) is 5. The van der Waals surface area contributed by atoms with Crippen LogP contribution in [0.15, 0.2) is 42.5 Å². The summed E-state index contributed by atoms with van der Waals surface area (Å²) in [6.07, 6.45) is 3.53. The fourth-order valence-electron chi connectivity index (χ4n) is 5.28. The van der Waals surface area contributed by atoms with Crippen molar-refractivity contribution >= 4 is 11.6 Å². The zero-order valence-corrected chi connectivity index (χ0v) is 20.6. The summed E-state index contributed by atoms with van der Waals surface area (Å²) in [5, 5.41) is 10.6. The number of halogens is 1. The summed E-state index contributed by atoms with van der Waals surface area (Å²) in [7, 11) is 3.68. The molecule has 2 unspecified atom stereocenters. The minimum atomic E-state index is -0.622. The van der Waals surface area contributed by atoms with Gasteiger partial charge in [-0.25, -0.2) is 4.98 Å². The maximum atomic E-state index is 9.88. The first-order valence-corrected chi connectivity index (χ1v) is 12.4. The lowest BCUT2D eigenvalue weighted by Crippen LogP contribution is -2.42. The summed E-state index contributed by atoms with van der Waals surface area (Å²) in [6, 6.07) is 14.7. The molecule has 1 aromatic heterocycles. The highest BCUT2D eigenvalue weighted by Crippen LogP contribution is 2.34. The average Bonchev–Trinajstić information content (AvgIpc) is 3.18. The largest absolute Gasteiger partial charge is 0.491 e. The summed E-state index contributed by atoms with van der Waals surface area (Å²) < 4.78 is 13.0. The predicted octanol–water partition coefficient (Wildman–Crippen LogP) is 4.04. The van der Waals surface area contributed by atoms with Crippen LogP contribution in [0.2, 0.25) is 5.02 Å². The van der Waals surface area contributed by atoms with E-state index in [9.17, 15) is 5.11 Å². The molecule has 0 amide bonds. The van der Waals surface area contributed by atoms with Gasteiger partial charge in [-0.15, -0.1) is 0 Å². The van der Waals surface area contributed by atoms with Crippen LogP contribution in [0.4, 0.5) is 0 Å². The van der Waals surface area contributed by atoms with Gasteiger partial charge in [0.1, 0.15) is 24.3 Å². The maximum Gasteiger partial charge on any atom is 0.141 e. The number of imidazole rings is 1. The summed E-state index contributed by atoms with van der Waals surface area (Å²) in [4.78, 5) is 7.63. The second-order valence-corrected chi connectivity index (χ2v) is 9.74. The molecule has 0 saturated carbocycles. The van der Waals surface area contributed by atoms with Crippen molar-refractivity contribution in [2.75, 3.05) is 26.9 Å². The normalized spacial score (nSPS) is 18.9. The second-order valence-electron chi connectivity index (χ2n) is 9.34. The highest BCUT2D eigenvalue weighted by Gasteiger charge is 2.30. The first-order valence-electron chi connectivity index (χ1n) is 12.0. The maximum absolute atomic E-state index is 9.88. The van der Waals surface area contributed by atoms with Crippen molar-refractivity contribution in [3.05, 3.63) is 70.0 Å². The molecule has 2 aliphatic rings. The number of nitrogens with zero attached hydrogens (tertiary/aromatic N) is 3. The predicted molar refractivity (Wildman–Crippen MR) is 133 cm³/mol. The van der Waals surface area contributed by atoms with Crippen LogP contribution in [0.3, 0.4) is 0 Å². The molecule has 1 aliphatic carbocycles. The molecule has 6 nitrogen and oxygen atoms in total. The quantitative estimate of drug-likeness (QED) is 0.552. The first kappa shape index (κ1) is 23.4. The Morgan fingerprint density at radius 2 is 2.00 bits per heavy atom. The van der Waals surface area contributed by atoms with E-state index in [1.165, 1.54) is 22.5 Å². The Morgan fingerprint density at radius 1 is 1.15 bits per heavy atom. The van der Waals surface area contributed by atoms with Gasteiger partial charge in [-0.2, -0.15) is 0 Å². The zero-order chi connectivity index (χ0) is 23.7. The molecule has 1 N–H and O–H groups in total. The van der Waals surface area contributed by atoms with E-state index in [0.717, 1.165) is 60.9 Å². The number of ether oxygens (including phenoxy) is 2. The van der Waals surface area contributed by atoms with Gasteiger partial charge in [0.05, 0.1) is 17.3 Å². The molecule has 1 aliphatic heterocycles. The van der Waals surface area contributed by atoms with Crippen LogP contribution in [0.5, 0.6) is 5.75 Å². The number of fused-ring (bicyclic) bond motifs is 2. The monoisotopic (exact) mass is 481 g/mol. The molecule has 0 bridgehead atoms. The fourth-order valence-corrected chi connectivity index (χ4v) is 5.50. The van der Waals surface area contributed by atoms with Crippen LogP contribution in [0.25, 0.3) is 11.4 Å². The number of aliphatic hydroxyl groups is 1. The lowest BCUT2D eigenvalue weighted by atomic mass is 9.91. The molecule has 0 radical (unpaired) electrons. The number of rotatable bonds is 7. The van der Waals surface area contributed by atoms with Gasteiger partial charge in [0.25, 0.3) is 0 Å². The van der Waals surface area contributed by atoms with E-state index in [4.69, 9.17) is 26.1 Å². The molecule has 3 aromatic rings. The zero-order valence-electron chi connectivity index (χ0n) is 19.8. The van der Waals surface area contributed by atoms with Crippen LogP contribution >= 0.6 is 11.6 Å². The summed E-state index contributed by atoms with van der Waals surface area (Å²) >= 11 is 6.47. The molecular weight excluding hydrogens is 450 g/mol. The van der Waals surface area contributed by atoms with E-state index in [-0.39, 0.29) is 13.2 Å². The smallest absolute Gasteiger partial charge is 0.141 e. The highest BCUT2D eigenvalue weighted by atomic mass is 35.5. The molecule has 2 aromatic carbocycles. The van der Waals surface area contributed by atoms with E-state index in [0.29, 0.717) is 6.04 Å². The van der Waals surface area contributed by atoms with E-state index in [1.54, 1.807) is 7.11 Å². The van der Waals surface area contributed by atoms with Gasteiger partial charge < -0.3 is 19.1 Å². The van der Waals surface area contributed by atoms with Crippen LogP contribution in [-0.4, -0.2) is 58.6 Å². The first-order chi connectivity index (χ1) is 16.5. The molecule has 0 saturated heterocycles. The van der Waals surface area contributed by atoms with Gasteiger partial charge in [-0.05, 0) is 54.7 Å². The van der Waals surface area contributed by atoms with Gasteiger partial charge in [0.15, 0.2) is 0 Å². The molecule has 0 fully saturated rings. The fraction of sp³-hybridized carbons (Fsp3) is 0.444. The Hall–Kier alpha value is -2.38. The Morgan fingerprint density at radius 3 is 2.82 bits per heavy atom. The summed E-state index contributed by atoms with van der Waals surface area (Å²) in [5.41, 5.74) is 6.22. The van der Waals surface area contributed by atoms with Crippen molar-refractivity contribution in [1.29, 1.82) is 0 Å². The molecule has 2 heterocycles. The van der Waals surface area contributed by atoms with Crippen molar-refractivity contribution in [3.8, 4) is 17.1 Å². The Kier molecular flexibility index (Phi) is 6.93. The molecule has 180 valence electrons. The number of benzene rings is 2.